The highest BCUT2D eigenvalue weighted by atomic mass is 32.1. The van der Waals surface area contributed by atoms with E-state index in [4.69, 9.17) is 0 Å². The molecule has 0 aliphatic heterocycles. The van der Waals surface area contributed by atoms with Crippen molar-refractivity contribution in [2.45, 2.75) is 13.3 Å². The lowest BCUT2D eigenvalue weighted by Crippen LogP contribution is -2.42. The second-order valence-corrected chi connectivity index (χ2v) is 4.69. The fourth-order valence-electron chi connectivity index (χ4n) is 1.37. The minimum Gasteiger partial charge on any atom is -0.273 e. The topological polar surface area (TPSA) is 58.2 Å². The Bertz CT molecular complexity index is 375. The van der Waals surface area contributed by atoms with Crippen molar-refractivity contribution < 1.29 is 9.59 Å². The van der Waals surface area contributed by atoms with Crippen LogP contribution in [0.25, 0.3) is 0 Å². The number of amides is 2. The van der Waals surface area contributed by atoms with E-state index in [-0.39, 0.29) is 17.7 Å². The molecule has 1 aromatic heterocycles. The number of hydrogen-bond acceptors (Lipinski definition) is 3. The molecule has 0 aromatic carbocycles. The second-order valence-electron chi connectivity index (χ2n) is 3.74. The Kier molecular flexibility index (Phi) is 2.73. The van der Waals surface area contributed by atoms with Crippen molar-refractivity contribution in [3.05, 3.63) is 22.4 Å². The van der Waals surface area contributed by atoms with Gasteiger partial charge in [-0.25, -0.2) is 0 Å². The number of hydrogen-bond donors (Lipinski definition) is 2. The molecule has 0 spiro atoms. The molecule has 0 radical (unpaired) electrons. The number of carbonyl (C=O) groups is 2. The fraction of sp³-hybridized carbons (Fsp3) is 0.400. The van der Waals surface area contributed by atoms with Gasteiger partial charge in [0.25, 0.3) is 5.91 Å². The molecule has 0 bridgehead atoms. The molecule has 2 unspecified atom stereocenters. The molecule has 15 heavy (non-hydrogen) atoms. The molecule has 2 amide bonds. The SMILES string of the molecule is CC1CC1C(=O)NNC(=O)c1cccs1. The number of thiophene rings is 1. The number of carbonyl (C=O) groups excluding carboxylic acids is 2. The molecule has 1 aliphatic rings. The quantitative estimate of drug-likeness (QED) is 0.741. The Hall–Kier alpha value is -1.36. The van der Waals surface area contributed by atoms with E-state index < -0.39 is 0 Å². The summed E-state index contributed by atoms with van der Waals surface area (Å²) in [6, 6.07) is 3.51. The maximum atomic E-state index is 11.4. The van der Waals surface area contributed by atoms with E-state index in [0.717, 1.165) is 6.42 Å². The van der Waals surface area contributed by atoms with E-state index in [0.29, 0.717) is 10.8 Å². The Labute approximate surface area is 91.6 Å². The van der Waals surface area contributed by atoms with Crippen molar-refractivity contribution in [2.24, 2.45) is 11.8 Å². The summed E-state index contributed by atoms with van der Waals surface area (Å²) in [6.07, 6.45) is 0.917. The highest BCUT2D eigenvalue weighted by molar-refractivity contribution is 7.12. The Morgan fingerprint density at radius 3 is 2.73 bits per heavy atom. The van der Waals surface area contributed by atoms with Crippen LogP contribution in [0.4, 0.5) is 0 Å². The first-order chi connectivity index (χ1) is 7.18. The predicted molar refractivity (Wildman–Crippen MR) is 57.2 cm³/mol. The normalized spacial score (nSPS) is 23.3. The van der Waals surface area contributed by atoms with Gasteiger partial charge in [-0.1, -0.05) is 13.0 Å². The van der Waals surface area contributed by atoms with Crippen molar-refractivity contribution in [3.8, 4) is 0 Å². The zero-order valence-electron chi connectivity index (χ0n) is 8.32. The zero-order chi connectivity index (χ0) is 10.8. The molecule has 1 aromatic rings. The van der Waals surface area contributed by atoms with Crippen LogP contribution < -0.4 is 10.9 Å². The first-order valence-electron chi connectivity index (χ1n) is 4.82. The number of nitrogens with one attached hydrogen (secondary N) is 2. The van der Waals surface area contributed by atoms with Crippen LogP contribution in [0.5, 0.6) is 0 Å². The largest absolute Gasteiger partial charge is 0.279 e. The molecule has 1 fully saturated rings. The predicted octanol–water partition coefficient (Wildman–Crippen LogP) is 1.17. The standard InChI is InChI=1S/C10H12N2O2S/c1-6-5-7(6)9(13)11-12-10(14)8-3-2-4-15-8/h2-4,6-7H,5H2,1H3,(H,11,13)(H,12,14). The summed E-state index contributed by atoms with van der Waals surface area (Å²) >= 11 is 1.34. The van der Waals surface area contributed by atoms with E-state index in [1.807, 2.05) is 12.3 Å². The second kappa shape index (κ2) is 4.02. The van der Waals surface area contributed by atoms with Gasteiger partial charge in [-0.15, -0.1) is 11.3 Å². The summed E-state index contributed by atoms with van der Waals surface area (Å²) in [4.78, 5) is 23.4. The van der Waals surface area contributed by atoms with E-state index in [1.165, 1.54) is 11.3 Å². The minimum absolute atomic E-state index is 0.0774. The third-order valence-corrected chi connectivity index (χ3v) is 3.36. The molecule has 1 heterocycles. The van der Waals surface area contributed by atoms with Crippen LogP contribution in [0, 0.1) is 11.8 Å². The third-order valence-electron chi connectivity index (χ3n) is 2.49. The molecular weight excluding hydrogens is 212 g/mol. The Morgan fingerprint density at radius 2 is 2.20 bits per heavy atom. The molecule has 2 N–H and O–H groups in total. The summed E-state index contributed by atoms with van der Waals surface area (Å²) < 4.78 is 0. The summed E-state index contributed by atoms with van der Waals surface area (Å²) in [5.41, 5.74) is 4.83. The maximum Gasteiger partial charge on any atom is 0.279 e. The molecule has 2 rings (SSSR count). The molecule has 80 valence electrons. The summed E-state index contributed by atoms with van der Waals surface area (Å²) in [6.45, 7) is 2.02. The summed E-state index contributed by atoms with van der Waals surface area (Å²) in [5.74, 6) is 0.177. The Balaban J connectivity index is 1.79. The molecule has 5 heteroatoms. The third kappa shape index (κ3) is 2.36. The van der Waals surface area contributed by atoms with E-state index >= 15 is 0 Å². The van der Waals surface area contributed by atoms with Gasteiger partial charge in [-0.3, -0.25) is 20.4 Å². The molecule has 4 nitrogen and oxygen atoms in total. The van der Waals surface area contributed by atoms with Gasteiger partial charge in [-0.2, -0.15) is 0 Å². The van der Waals surface area contributed by atoms with Crippen molar-refractivity contribution in [1.29, 1.82) is 0 Å². The van der Waals surface area contributed by atoms with Gasteiger partial charge in [0.2, 0.25) is 5.91 Å². The number of rotatable bonds is 2. The number of hydrazine groups is 1. The molecule has 0 saturated heterocycles. The smallest absolute Gasteiger partial charge is 0.273 e. The monoisotopic (exact) mass is 224 g/mol. The molecular formula is C10H12N2O2S. The van der Waals surface area contributed by atoms with Crippen LogP contribution in [-0.2, 0) is 4.79 Å². The minimum atomic E-state index is -0.258. The van der Waals surface area contributed by atoms with Gasteiger partial charge >= 0.3 is 0 Å². The van der Waals surface area contributed by atoms with Gasteiger partial charge in [0, 0.05) is 5.92 Å². The van der Waals surface area contributed by atoms with Crippen LogP contribution in [0.1, 0.15) is 23.0 Å². The van der Waals surface area contributed by atoms with Crippen LogP contribution in [-0.4, -0.2) is 11.8 Å². The molecule has 2 atom stereocenters. The summed E-state index contributed by atoms with van der Waals surface area (Å²) in [5, 5.41) is 1.82. The average Bonchev–Trinajstić information content (AvgIpc) is 2.75. The lowest BCUT2D eigenvalue weighted by molar-refractivity contribution is -0.123. The van der Waals surface area contributed by atoms with Gasteiger partial charge < -0.3 is 0 Å². The van der Waals surface area contributed by atoms with E-state index in [9.17, 15) is 9.59 Å². The van der Waals surface area contributed by atoms with Crippen LogP contribution >= 0.6 is 11.3 Å². The van der Waals surface area contributed by atoms with E-state index in [2.05, 4.69) is 10.9 Å². The first kappa shape index (κ1) is 10.2. The lowest BCUT2D eigenvalue weighted by Gasteiger charge is -2.04. The van der Waals surface area contributed by atoms with Crippen LogP contribution in [0.3, 0.4) is 0 Å². The highest BCUT2D eigenvalue weighted by Gasteiger charge is 2.39. The Morgan fingerprint density at radius 1 is 1.47 bits per heavy atom. The fourth-order valence-corrected chi connectivity index (χ4v) is 1.99. The first-order valence-corrected chi connectivity index (χ1v) is 5.70. The highest BCUT2D eigenvalue weighted by Crippen LogP contribution is 2.37. The van der Waals surface area contributed by atoms with Gasteiger partial charge in [0.05, 0.1) is 4.88 Å². The van der Waals surface area contributed by atoms with Crippen molar-refractivity contribution in [3.63, 3.8) is 0 Å². The molecule has 1 aliphatic carbocycles. The van der Waals surface area contributed by atoms with Crippen LogP contribution in [0.2, 0.25) is 0 Å². The van der Waals surface area contributed by atoms with Crippen molar-refractivity contribution >= 4 is 23.2 Å². The van der Waals surface area contributed by atoms with Gasteiger partial charge in [0.1, 0.15) is 0 Å². The molecule has 1 saturated carbocycles. The maximum absolute atomic E-state index is 11.4. The van der Waals surface area contributed by atoms with Crippen molar-refractivity contribution in [1.82, 2.24) is 10.9 Å². The van der Waals surface area contributed by atoms with Gasteiger partial charge in [0.15, 0.2) is 0 Å². The van der Waals surface area contributed by atoms with Crippen molar-refractivity contribution in [2.75, 3.05) is 0 Å². The lowest BCUT2D eigenvalue weighted by atomic mass is 10.3. The van der Waals surface area contributed by atoms with E-state index in [1.54, 1.807) is 12.1 Å². The van der Waals surface area contributed by atoms with Gasteiger partial charge in [-0.05, 0) is 23.8 Å². The zero-order valence-corrected chi connectivity index (χ0v) is 9.14. The average molecular weight is 224 g/mol. The summed E-state index contributed by atoms with van der Waals surface area (Å²) in [7, 11) is 0. The van der Waals surface area contributed by atoms with Crippen LogP contribution in [0.15, 0.2) is 17.5 Å².